The number of rotatable bonds is 2. The van der Waals surface area contributed by atoms with Crippen LogP contribution in [0.2, 0.25) is 0 Å². The lowest BCUT2D eigenvalue weighted by atomic mass is 9.66. The fraction of sp³-hybridized carbons (Fsp3) is 0.0233. The molecule has 2 heteroatoms. The van der Waals surface area contributed by atoms with Crippen LogP contribution in [0.5, 0.6) is 11.5 Å². The van der Waals surface area contributed by atoms with Crippen molar-refractivity contribution in [2.75, 3.05) is 0 Å². The highest BCUT2D eigenvalue weighted by molar-refractivity contribution is 6.12. The third kappa shape index (κ3) is 3.29. The molecule has 10 rings (SSSR count). The second-order valence-corrected chi connectivity index (χ2v) is 12.0. The van der Waals surface area contributed by atoms with E-state index >= 15 is 0 Å². The molecule has 0 atom stereocenters. The molecule has 1 aromatic heterocycles. The third-order valence-electron chi connectivity index (χ3n) is 9.78. The molecule has 0 N–H and O–H groups in total. The van der Waals surface area contributed by atoms with Crippen molar-refractivity contribution in [1.29, 1.82) is 0 Å². The first-order valence-electron chi connectivity index (χ1n) is 15.4. The minimum atomic E-state index is -0.439. The smallest absolute Gasteiger partial charge is 0.136 e. The van der Waals surface area contributed by atoms with Crippen molar-refractivity contribution in [2.24, 2.45) is 0 Å². The Labute approximate surface area is 260 Å². The maximum absolute atomic E-state index is 6.72. The first kappa shape index (κ1) is 24.6. The Hall–Kier alpha value is -5.86. The Bertz CT molecular complexity index is 2420. The summed E-state index contributed by atoms with van der Waals surface area (Å²) in [7, 11) is 0. The fourth-order valence-electron chi connectivity index (χ4n) is 7.90. The molecule has 0 unspecified atom stereocenters. The molecule has 2 nitrogen and oxygen atoms in total. The van der Waals surface area contributed by atoms with Crippen LogP contribution < -0.4 is 4.74 Å². The maximum Gasteiger partial charge on any atom is 0.136 e. The van der Waals surface area contributed by atoms with Crippen LogP contribution >= 0.6 is 0 Å². The van der Waals surface area contributed by atoms with Gasteiger partial charge in [-0.3, -0.25) is 0 Å². The lowest BCUT2D eigenvalue weighted by Gasteiger charge is -2.39. The van der Waals surface area contributed by atoms with Gasteiger partial charge in [0, 0.05) is 21.9 Å². The Morgan fingerprint density at radius 1 is 0.378 bits per heavy atom. The topological polar surface area (TPSA) is 22.4 Å². The molecule has 2 heterocycles. The Morgan fingerprint density at radius 3 is 1.76 bits per heavy atom. The van der Waals surface area contributed by atoms with Crippen LogP contribution in [-0.4, -0.2) is 0 Å². The Balaban J connectivity index is 1.12. The minimum absolute atomic E-state index is 0.439. The molecule has 1 spiro atoms. The molecule has 1 aliphatic carbocycles. The van der Waals surface area contributed by atoms with E-state index in [2.05, 4.69) is 140 Å². The van der Waals surface area contributed by atoms with Gasteiger partial charge in [-0.2, -0.15) is 0 Å². The Morgan fingerprint density at radius 2 is 0.956 bits per heavy atom. The average Bonchev–Trinajstić information content (AvgIpc) is 3.63. The van der Waals surface area contributed by atoms with Crippen molar-refractivity contribution in [2.45, 2.75) is 5.41 Å². The van der Waals surface area contributed by atoms with Gasteiger partial charge in [-0.1, -0.05) is 133 Å². The van der Waals surface area contributed by atoms with Crippen LogP contribution in [0.25, 0.3) is 55.3 Å². The third-order valence-corrected chi connectivity index (χ3v) is 9.78. The van der Waals surface area contributed by atoms with Gasteiger partial charge in [0.15, 0.2) is 0 Å². The molecule has 8 aromatic rings. The van der Waals surface area contributed by atoms with Crippen LogP contribution in [-0.2, 0) is 5.41 Å². The van der Waals surface area contributed by atoms with Crippen LogP contribution in [0.1, 0.15) is 22.3 Å². The first-order valence-corrected chi connectivity index (χ1v) is 15.4. The van der Waals surface area contributed by atoms with Crippen molar-refractivity contribution >= 4 is 21.9 Å². The van der Waals surface area contributed by atoms with Crippen LogP contribution in [0.3, 0.4) is 0 Å². The Kier molecular flexibility index (Phi) is 4.95. The average molecular weight is 575 g/mol. The molecular formula is C43H26O2. The van der Waals surface area contributed by atoms with E-state index in [1.54, 1.807) is 0 Å². The molecule has 45 heavy (non-hydrogen) atoms. The van der Waals surface area contributed by atoms with E-state index in [9.17, 15) is 0 Å². The summed E-state index contributed by atoms with van der Waals surface area (Å²) in [6.07, 6.45) is 0. The van der Waals surface area contributed by atoms with E-state index in [1.807, 2.05) is 18.2 Å². The van der Waals surface area contributed by atoms with Crippen molar-refractivity contribution < 1.29 is 9.15 Å². The van der Waals surface area contributed by atoms with Crippen molar-refractivity contribution in [1.82, 2.24) is 0 Å². The molecule has 0 saturated heterocycles. The number of benzene rings is 7. The second-order valence-electron chi connectivity index (χ2n) is 12.0. The normalized spacial score (nSPS) is 13.7. The summed E-state index contributed by atoms with van der Waals surface area (Å²) < 4.78 is 12.9. The van der Waals surface area contributed by atoms with Gasteiger partial charge in [0.2, 0.25) is 0 Å². The van der Waals surface area contributed by atoms with Gasteiger partial charge in [0.25, 0.3) is 0 Å². The van der Waals surface area contributed by atoms with Gasteiger partial charge in [0.1, 0.15) is 22.7 Å². The quantitative estimate of drug-likeness (QED) is 0.205. The number of hydrogen-bond acceptors (Lipinski definition) is 2. The summed E-state index contributed by atoms with van der Waals surface area (Å²) in [6, 6.07) is 56.4. The molecule has 7 aromatic carbocycles. The lowest BCUT2D eigenvalue weighted by molar-refractivity contribution is 0.436. The zero-order chi connectivity index (χ0) is 29.5. The van der Waals surface area contributed by atoms with Gasteiger partial charge in [0.05, 0.1) is 5.41 Å². The molecule has 0 fully saturated rings. The molecule has 0 saturated carbocycles. The lowest BCUT2D eigenvalue weighted by Crippen LogP contribution is -2.32. The summed E-state index contributed by atoms with van der Waals surface area (Å²) in [5.74, 6) is 1.81. The largest absolute Gasteiger partial charge is 0.457 e. The molecule has 2 aliphatic rings. The number of hydrogen-bond donors (Lipinski definition) is 0. The van der Waals surface area contributed by atoms with Crippen LogP contribution in [0.4, 0.5) is 0 Å². The highest BCUT2D eigenvalue weighted by atomic mass is 16.5. The maximum atomic E-state index is 6.72. The van der Waals surface area contributed by atoms with Gasteiger partial charge in [-0.05, 0) is 68.8 Å². The van der Waals surface area contributed by atoms with Crippen LogP contribution in [0.15, 0.2) is 162 Å². The summed E-state index contributed by atoms with van der Waals surface area (Å²) in [5, 5.41) is 2.30. The van der Waals surface area contributed by atoms with Crippen molar-refractivity contribution in [3.05, 3.63) is 180 Å². The number of ether oxygens (including phenoxy) is 1. The predicted molar refractivity (Wildman–Crippen MR) is 182 cm³/mol. The zero-order valence-electron chi connectivity index (χ0n) is 24.3. The zero-order valence-corrected chi connectivity index (χ0v) is 24.3. The summed E-state index contributed by atoms with van der Waals surface area (Å²) in [6.45, 7) is 0. The van der Waals surface area contributed by atoms with Crippen molar-refractivity contribution in [3.63, 3.8) is 0 Å². The predicted octanol–water partition coefficient (Wildman–Crippen LogP) is 11.4. The SMILES string of the molecule is c1ccc2c(c1)Oc1cc(-c3ccc(-c4cccc5oc6ccccc6c45)cc3)ccc1C21c2ccccc2-c2ccccc21. The molecule has 0 bridgehead atoms. The number of furan rings is 1. The van der Waals surface area contributed by atoms with Gasteiger partial charge >= 0.3 is 0 Å². The monoisotopic (exact) mass is 574 g/mol. The van der Waals surface area contributed by atoms with Gasteiger partial charge < -0.3 is 9.15 Å². The first-order chi connectivity index (χ1) is 22.3. The molecule has 1 aliphatic heterocycles. The highest BCUT2D eigenvalue weighted by Gasteiger charge is 2.50. The minimum Gasteiger partial charge on any atom is -0.457 e. The van der Waals surface area contributed by atoms with E-state index in [1.165, 1.54) is 38.9 Å². The number of para-hydroxylation sites is 2. The van der Waals surface area contributed by atoms with Crippen molar-refractivity contribution in [3.8, 4) is 44.9 Å². The fourth-order valence-corrected chi connectivity index (χ4v) is 7.90. The summed E-state index contributed by atoms with van der Waals surface area (Å²) in [4.78, 5) is 0. The standard InChI is InChI=1S/C43H26O2/c1-4-14-34-31(10-1)32-11-2-5-15-35(32)43(34)36-16-6-8-18-39(36)45-41-26-29(24-25-37(41)43)27-20-22-28(23-21-27)30-13-9-19-40-42(30)33-12-3-7-17-38(33)44-40/h1-26H. The van der Waals surface area contributed by atoms with E-state index < -0.39 is 5.41 Å². The van der Waals surface area contributed by atoms with Gasteiger partial charge in [-0.25, -0.2) is 0 Å². The molecular weight excluding hydrogens is 548 g/mol. The van der Waals surface area contributed by atoms with Gasteiger partial charge in [-0.15, -0.1) is 0 Å². The second kappa shape index (κ2) is 9.07. The summed E-state index contributed by atoms with van der Waals surface area (Å²) >= 11 is 0. The molecule has 0 amide bonds. The van der Waals surface area contributed by atoms with E-state index in [0.29, 0.717) is 0 Å². The van der Waals surface area contributed by atoms with E-state index in [4.69, 9.17) is 9.15 Å². The molecule has 0 radical (unpaired) electrons. The summed E-state index contributed by atoms with van der Waals surface area (Å²) in [5.41, 5.74) is 13.6. The van der Waals surface area contributed by atoms with E-state index in [-0.39, 0.29) is 0 Å². The highest BCUT2D eigenvalue weighted by Crippen LogP contribution is 2.62. The van der Waals surface area contributed by atoms with Crippen LogP contribution in [0, 0.1) is 0 Å². The van der Waals surface area contributed by atoms with E-state index in [0.717, 1.165) is 50.1 Å². The number of fused-ring (bicyclic) bond motifs is 12. The molecule has 210 valence electrons.